The summed E-state index contributed by atoms with van der Waals surface area (Å²) in [6.07, 6.45) is 0. The highest BCUT2D eigenvalue weighted by molar-refractivity contribution is 7.92. The lowest BCUT2D eigenvalue weighted by atomic mass is 10.1. The Hall–Kier alpha value is -3.48. The zero-order chi connectivity index (χ0) is 24.9. The highest BCUT2D eigenvalue weighted by Gasteiger charge is 2.26. The number of esters is 2. The van der Waals surface area contributed by atoms with Crippen LogP contribution in [0.5, 0.6) is 0 Å². The Morgan fingerprint density at radius 2 is 1.50 bits per heavy atom. The van der Waals surface area contributed by atoms with Crippen LogP contribution in [0.2, 0.25) is 0 Å². The van der Waals surface area contributed by atoms with Gasteiger partial charge in [0.15, 0.2) is 5.11 Å². The minimum absolute atomic E-state index is 0.0744. The number of anilines is 3. The molecular formula is C22H21N3O6S3. The Bertz CT molecular complexity index is 1320. The van der Waals surface area contributed by atoms with Crippen molar-refractivity contribution in [2.24, 2.45) is 0 Å². The highest BCUT2D eigenvalue weighted by atomic mass is 32.2. The first kappa shape index (κ1) is 25.1. The molecule has 0 atom stereocenters. The van der Waals surface area contributed by atoms with Gasteiger partial charge in [0.2, 0.25) is 0 Å². The fourth-order valence-electron chi connectivity index (χ4n) is 2.94. The average Bonchev–Trinajstić information content (AvgIpc) is 3.14. The number of thiocarbonyl (C=S) groups is 1. The second kappa shape index (κ2) is 10.6. The van der Waals surface area contributed by atoms with Crippen LogP contribution in [0.3, 0.4) is 0 Å². The van der Waals surface area contributed by atoms with Gasteiger partial charge in [0, 0.05) is 11.4 Å². The number of carbonyl (C=O) groups excluding carboxylic acids is 2. The molecule has 0 aliphatic carbocycles. The number of ether oxygens (including phenoxy) is 2. The summed E-state index contributed by atoms with van der Waals surface area (Å²) in [5.41, 5.74) is 1.55. The monoisotopic (exact) mass is 519 g/mol. The molecule has 1 heterocycles. The maximum absolute atomic E-state index is 12.6. The number of hydrogen-bond acceptors (Lipinski definition) is 8. The summed E-state index contributed by atoms with van der Waals surface area (Å²) in [4.78, 5) is 24.6. The van der Waals surface area contributed by atoms with Gasteiger partial charge >= 0.3 is 11.9 Å². The molecule has 3 N–H and O–H groups in total. The van der Waals surface area contributed by atoms with Gasteiger partial charge in [-0.2, -0.15) is 0 Å². The molecule has 0 radical (unpaired) electrons. The van der Waals surface area contributed by atoms with E-state index >= 15 is 0 Å². The minimum Gasteiger partial charge on any atom is -0.465 e. The van der Waals surface area contributed by atoms with Gasteiger partial charge in [-0.3, -0.25) is 4.72 Å². The third-order valence-corrected chi connectivity index (χ3v) is 7.37. The number of nitrogens with one attached hydrogen (secondary N) is 3. The lowest BCUT2D eigenvalue weighted by Crippen LogP contribution is -2.20. The maximum Gasteiger partial charge on any atom is 0.348 e. The molecule has 0 fully saturated rings. The fourth-order valence-corrected chi connectivity index (χ4v) is 5.40. The molecule has 0 saturated carbocycles. The molecule has 0 saturated heterocycles. The summed E-state index contributed by atoms with van der Waals surface area (Å²) in [5, 5.41) is 6.25. The zero-order valence-corrected chi connectivity index (χ0v) is 20.8. The van der Waals surface area contributed by atoms with Gasteiger partial charge in [-0.05, 0) is 61.1 Å². The van der Waals surface area contributed by atoms with Crippen LogP contribution in [0.4, 0.5) is 16.4 Å². The van der Waals surface area contributed by atoms with Crippen LogP contribution < -0.4 is 15.4 Å². The van der Waals surface area contributed by atoms with Crippen LogP contribution in [0.15, 0.2) is 59.5 Å². The van der Waals surface area contributed by atoms with E-state index in [9.17, 15) is 18.0 Å². The molecular weight excluding hydrogens is 498 g/mol. The van der Waals surface area contributed by atoms with E-state index in [0.717, 1.165) is 11.3 Å². The van der Waals surface area contributed by atoms with E-state index in [4.69, 9.17) is 21.7 Å². The van der Waals surface area contributed by atoms with Crippen molar-refractivity contribution in [1.29, 1.82) is 0 Å². The third kappa shape index (κ3) is 5.71. The summed E-state index contributed by atoms with van der Waals surface area (Å²) in [5.74, 6) is -1.21. The number of thiophene rings is 1. The molecule has 0 aliphatic heterocycles. The molecule has 2 aromatic carbocycles. The van der Waals surface area contributed by atoms with E-state index in [1.165, 1.54) is 26.4 Å². The van der Waals surface area contributed by atoms with Gasteiger partial charge in [-0.1, -0.05) is 18.2 Å². The molecule has 0 spiro atoms. The predicted molar refractivity (Wildman–Crippen MR) is 135 cm³/mol. The van der Waals surface area contributed by atoms with Gasteiger partial charge in [0.1, 0.15) is 9.88 Å². The van der Waals surface area contributed by atoms with Gasteiger partial charge in [0.25, 0.3) is 10.0 Å². The number of rotatable bonds is 7. The summed E-state index contributed by atoms with van der Waals surface area (Å²) in [7, 11) is -1.27. The molecule has 0 aliphatic rings. The number of methoxy groups -OCH3 is 2. The Kier molecular flexibility index (Phi) is 7.87. The Balaban J connectivity index is 1.74. The van der Waals surface area contributed by atoms with Gasteiger partial charge in [0.05, 0.1) is 24.7 Å². The second-order valence-corrected chi connectivity index (χ2v) is 9.93. The Morgan fingerprint density at radius 3 is 2.09 bits per heavy atom. The Morgan fingerprint density at radius 1 is 0.882 bits per heavy atom. The van der Waals surface area contributed by atoms with Crippen molar-refractivity contribution in [2.75, 3.05) is 29.6 Å². The molecule has 12 heteroatoms. The van der Waals surface area contributed by atoms with Crippen molar-refractivity contribution in [3.05, 3.63) is 70.6 Å². The largest absolute Gasteiger partial charge is 0.465 e. The molecule has 0 unspecified atom stereocenters. The number of carbonyl (C=O) groups is 2. The SMILES string of the molecule is COC(=O)c1sc(NC(=S)Nc2ccc(S(=O)(=O)Nc3ccccc3)cc2)c(C(=O)OC)c1C. The molecule has 178 valence electrons. The van der Waals surface area contributed by atoms with Crippen LogP contribution in [-0.4, -0.2) is 39.7 Å². The maximum atomic E-state index is 12.6. The number of hydrogen-bond donors (Lipinski definition) is 3. The first-order valence-electron chi connectivity index (χ1n) is 9.72. The van der Waals surface area contributed by atoms with E-state index < -0.39 is 22.0 Å². The number of benzene rings is 2. The number of para-hydroxylation sites is 1. The standard InChI is InChI=1S/C22H21N3O6S3/c1-13-17(20(26)30-2)19(33-18(13)21(27)31-3)24-22(32)23-14-9-11-16(12-10-14)34(28,29)25-15-7-5-4-6-8-15/h4-12,25H,1-3H3,(H2,23,24,32). The van der Waals surface area contributed by atoms with E-state index in [-0.39, 0.29) is 20.4 Å². The van der Waals surface area contributed by atoms with Crippen LogP contribution in [0, 0.1) is 6.92 Å². The van der Waals surface area contributed by atoms with Crippen LogP contribution in [0.25, 0.3) is 0 Å². The molecule has 0 bridgehead atoms. The summed E-state index contributed by atoms with van der Waals surface area (Å²) < 4.78 is 37.2. The first-order chi connectivity index (χ1) is 16.2. The van der Waals surface area contributed by atoms with Crippen molar-refractivity contribution in [1.82, 2.24) is 0 Å². The molecule has 1 aromatic heterocycles. The summed E-state index contributed by atoms with van der Waals surface area (Å²) in [6.45, 7) is 1.61. The quantitative estimate of drug-likeness (QED) is 0.311. The Labute approximate surface area is 206 Å². The van der Waals surface area contributed by atoms with Crippen molar-refractivity contribution in [3.8, 4) is 0 Å². The molecule has 0 amide bonds. The minimum atomic E-state index is -3.76. The van der Waals surface area contributed by atoms with E-state index in [2.05, 4.69) is 15.4 Å². The van der Waals surface area contributed by atoms with Crippen LogP contribution in [-0.2, 0) is 19.5 Å². The van der Waals surface area contributed by atoms with Crippen molar-refractivity contribution >= 4 is 67.0 Å². The summed E-state index contributed by atoms with van der Waals surface area (Å²) in [6, 6.07) is 14.5. The molecule has 3 aromatic rings. The average molecular weight is 520 g/mol. The van der Waals surface area contributed by atoms with Crippen LogP contribution in [0.1, 0.15) is 25.6 Å². The normalized spacial score (nSPS) is 10.8. The molecule has 34 heavy (non-hydrogen) atoms. The van der Waals surface area contributed by atoms with E-state index in [1.807, 2.05) is 0 Å². The molecule has 9 nitrogen and oxygen atoms in total. The molecule has 3 rings (SSSR count). The lowest BCUT2D eigenvalue weighted by molar-refractivity contribution is 0.0601. The third-order valence-electron chi connectivity index (χ3n) is 4.58. The van der Waals surface area contributed by atoms with Gasteiger partial charge in [-0.15, -0.1) is 11.3 Å². The van der Waals surface area contributed by atoms with Crippen molar-refractivity contribution in [3.63, 3.8) is 0 Å². The van der Waals surface area contributed by atoms with Crippen molar-refractivity contribution < 1.29 is 27.5 Å². The predicted octanol–water partition coefficient (Wildman–Crippen LogP) is 4.24. The highest BCUT2D eigenvalue weighted by Crippen LogP contribution is 2.34. The van der Waals surface area contributed by atoms with Gasteiger partial charge < -0.3 is 20.1 Å². The first-order valence-corrected chi connectivity index (χ1v) is 12.4. The van der Waals surface area contributed by atoms with Crippen LogP contribution >= 0.6 is 23.6 Å². The second-order valence-electron chi connectivity index (χ2n) is 6.82. The number of sulfonamides is 1. The van der Waals surface area contributed by atoms with Gasteiger partial charge in [-0.25, -0.2) is 18.0 Å². The fraction of sp³-hybridized carbons (Fsp3) is 0.136. The smallest absolute Gasteiger partial charge is 0.348 e. The summed E-state index contributed by atoms with van der Waals surface area (Å²) >= 11 is 6.33. The topological polar surface area (TPSA) is 123 Å². The van der Waals surface area contributed by atoms with E-state index in [0.29, 0.717) is 21.9 Å². The van der Waals surface area contributed by atoms with Crippen molar-refractivity contribution in [2.45, 2.75) is 11.8 Å². The lowest BCUT2D eigenvalue weighted by Gasteiger charge is -2.12. The van der Waals surface area contributed by atoms with E-state index in [1.54, 1.807) is 49.4 Å². The zero-order valence-electron chi connectivity index (χ0n) is 18.4.